The van der Waals surface area contributed by atoms with Crippen molar-refractivity contribution in [2.75, 3.05) is 6.54 Å². The quantitative estimate of drug-likeness (QED) is 0.578. The summed E-state index contributed by atoms with van der Waals surface area (Å²) in [6.45, 7) is -4.88. The monoisotopic (exact) mass is 470 g/mol. The van der Waals surface area contributed by atoms with Crippen molar-refractivity contribution in [2.45, 2.75) is 96.8 Å². The van der Waals surface area contributed by atoms with Gasteiger partial charge in [-0.15, -0.1) is 0 Å². The minimum Gasteiger partial charge on any atom is -0.337 e. The molecule has 0 bridgehead atoms. The van der Waals surface area contributed by atoms with Crippen LogP contribution < -0.4 is 5.32 Å². The minimum atomic E-state index is -4.63. The van der Waals surface area contributed by atoms with Gasteiger partial charge >= 0.3 is 6.18 Å². The maximum Gasteiger partial charge on any atom is 0.417 e. The van der Waals surface area contributed by atoms with Crippen molar-refractivity contribution in [1.29, 1.82) is 0 Å². The topological polar surface area (TPSA) is 45.2 Å². The van der Waals surface area contributed by atoms with Gasteiger partial charge in [0.15, 0.2) is 0 Å². The summed E-state index contributed by atoms with van der Waals surface area (Å²) in [7, 11) is 0. The largest absolute Gasteiger partial charge is 0.417 e. The number of amides is 1. The lowest BCUT2D eigenvalue weighted by Gasteiger charge is -2.40. The minimum absolute atomic E-state index is 0.0386. The van der Waals surface area contributed by atoms with Crippen LogP contribution in [0, 0.1) is 11.3 Å². The number of nitrogens with one attached hydrogen (secondary N) is 1. The summed E-state index contributed by atoms with van der Waals surface area (Å²) in [4.78, 5) is 19.5. The number of carbonyl (C=O) groups excluding carboxylic acids is 1. The van der Waals surface area contributed by atoms with Crippen LogP contribution in [0.2, 0.25) is 0 Å². The Morgan fingerprint density at radius 2 is 2.06 bits per heavy atom. The number of hydrogen-bond donors (Lipinski definition) is 1. The maximum atomic E-state index is 14.3. The second-order valence-electron chi connectivity index (χ2n) is 9.59. The Bertz CT molecular complexity index is 1130. The van der Waals surface area contributed by atoms with Gasteiger partial charge in [0.2, 0.25) is 5.91 Å². The van der Waals surface area contributed by atoms with Crippen LogP contribution >= 0.6 is 0 Å². The molecule has 2 heterocycles. The Labute approximate surface area is 204 Å². The molecular formula is C26H36F3N3O. The number of aromatic nitrogens is 1. The molecule has 1 N–H and O–H groups in total. The average molecular weight is 471 g/mol. The lowest BCUT2D eigenvalue weighted by Crippen LogP contribution is -2.48. The highest BCUT2D eigenvalue weighted by Gasteiger charge is 2.50. The molecule has 1 aromatic heterocycles. The van der Waals surface area contributed by atoms with E-state index in [1.807, 2.05) is 6.92 Å². The molecule has 0 saturated heterocycles. The number of alkyl halides is 3. The molecule has 7 heteroatoms. The molecule has 3 aliphatic rings. The van der Waals surface area contributed by atoms with Gasteiger partial charge in [-0.1, -0.05) is 25.4 Å². The van der Waals surface area contributed by atoms with Crippen LogP contribution in [0.3, 0.4) is 0 Å². The highest BCUT2D eigenvalue weighted by Crippen LogP contribution is 2.47. The van der Waals surface area contributed by atoms with Crippen molar-refractivity contribution in [3.8, 4) is 0 Å². The van der Waals surface area contributed by atoms with E-state index in [9.17, 15) is 18.0 Å². The molecule has 182 valence electrons. The second-order valence-corrected chi connectivity index (χ2v) is 9.59. The number of rotatable bonds is 4. The normalized spacial score (nSPS) is 32.4. The number of pyridine rings is 1. The van der Waals surface area contributed by atoms with Crippen molar-refractivity contribution in [1.82, 2.24) is 15.2 Å². The standard InChI is InChI=1S/C26H36F3N3O/c1-4-18-5-7-21(8-6-18)31-22-9-11-25(14-22,17(2)3)24(33)32-12-10-23-19(16-32)13-20(15-30-23)26(27,28)29/h4,13,15,17,21-22,31H,5-12,14,16H2,1-3H3/t21?,22-,25+/m1/s1/i2D3,3D3,17D. The molecule has 1 aromatic rings. The molecule has 33 heavy (non-hydrogen) atoms. The van der Waals surface area contributed by atoms with Crippen LogP contribution in [0.5, 0.6) is 0 Å². The number of nitrogens with zero attached hydrogens (tertiary/aromatic N) is 2. The molecule has 2 saturated carbocycles. The van der Waals surface area contributed by atoms with Crippen LogP contribution in [-0.4, -0.2) is 34.4 Å². The molecular weight excluding hydrogens is 427 g/mol. The van der Waals surface area contributed by atoms with E-state index in [0.717, 1.165) is 37.9 Å². The number of allylic oxidation sites excluding steroid dienone is 2. The van der Waals surface area contributed by atoms with Crippen LogP contribution in [0.4, 0.5) is 13.2 Å². The third-order valence-corrected chi connectivity index (χ3v) is 7.56. The third-order valence-electron chi connectivity index (χ3n) is 7.56. The van der Waals surface area contributed by atoms with Crippen molar-refractivity contribution in [3.63, 3.8) is 0 Å². The zero-order valence-corrected chi connectivity index (χ0v) is 18.9. The smallest absolute Gasteiger partial charge is 0.337 e. The summed E-state index contributed by atoms with van der Waals surface area (Å²) in [5.41, 5.74) is -1.11. The maximum absolute atomic E-state index is 14.3. The molecule has 2 fully saturated rings. The fraction of sp³-hybridized carbons (Fsp3) is 0.692. The summed E-state index contributed by atoms with van der Waals surface area (Å²) < 4.78 is 98.1. The molecule has 0 spiro atoms. The zero-order valence-electron chi connectivity index (χ0n) is 25.9. The van der Waals surface area contributed by atoms with Gasteiger partial charge in [-0.2, -0.15) is 13.2 Å². The van der Waals surface area contributed by atoms with E-state index in [1.165, 1.54) is 10.5 Å². The van der Waals surface area contributed by atoms with E-state index in [0.29, 0.717) is 12.1 Å². The SMILES string of the molecule is [2H]C([2H])([2H])C([2H])(C([2H])([2H])[2H])[C@]1(C(=O)N2CCc3ncc(C(F)(F)F)cc3C2)CC[C@@H](NC2CCC(=CC)CC2)C1. The van der Waals surface area contributed by atoms with Crippen molar-refractivity contribution < 1.29 is 27.6 Å². The molecule has 1 aliphatic heterocycles. The first-order chi connectivity index (χ1) is 18.4. The van der Waals surface area contributed by atoms with Crippen molar-refractivity contribution >= 4 is 5.91 Å². The lowest BCUT2D eigenvalue weighted by molar-refractivity contribution is -0.145. The van der Waals surface area contributed by atoms with E-state index >= 15 is 0 Å². The molecule has 4 nitrogen and oxygen atoms in total. The van der Waals surface area contributed by atoms with Gasteiger partial charge in [0, 0.05) is 53.1 Å². The summed E-state index contributed by atoms with van der Waals surface area (Å²) in [5.74, 6) is -3.92. The summed E-state index contributed by atoms with van der Waals surface area (Å²) >= 11 is 0. The van der Waals surface area contributed by atoms with Crippen molar-refractivity contribution in [3.05, 3.63) is 40.7 Å². The van der Waals surface area contributed by atoms with Gasteiger partial charge in [0.25, 0.3) is 0 Å². The lowest BCUT2D eigenvalue weighted by atomic mass is 9.74. The van der Waals surface area contributed by atoms with Crippen LogP contribution in [-0.2, 0) is 23.9 Å². The van der Waals surface area contributed by atoms with E-state index < -0.39 is 42.7 Å². The average Bonchev–Trinajstić information content (AvgIpc) is 3.30. The predicted octanol–water partition coefficient (Wildman–Crippen LogP) is 5.66. The highest BCUT2D eigenvalue weighted by atomic mass is 19.4. The fourth-order valence-electron chi connectivity index (χ4n) is 5.55. The van der Waals surface area contributed by atoms with Gasteiger partial charge in [0.1, 0.15) is 0 Å². The predicted molar refractivity (Wildman–Crippen MR) is 122 cm³/mol. The van der Waals surface area contributed by atoms with Gasteiger partial charge in [0.05, 0.1) is 11.0 Å². The Hall–Kier alpha value is -1.89. The van der Waals surface area contributed by atoms with E-state index in [1.54, 1.807) is 0 Å². The van der Waals surface area contributed by atoms with Crippen LogP contribution in [0.1, 0.15) is 92.0 Å². The first kappa shape index (κ1) is 16.7. The third kappa shape index (κ3) is 4.98. The molecule has 0 unspecified atom stereocenters. The van der Waals surface area contributed by atoms with E-state index in [-0.39, 0.29) is 50.0 Å². The number of halogens is 3. The Morgan fingerprint density at radius 3 is 2.73 bits per heavy atom. The molecule has 0 aromatic carbocycles. The Morgan fingerprint density at radius 1 is 1.30 bits per heavy atom. The van der Waals surface area contributed by atoms with E-state index in [2.05, 4.69) is 16.4 Å². The molecule has 4 rings (SSSR count). The summed E-state index contributed by atoms with van der Waals surface area (Å²) in [5, 5.41) is 3.51. The molecule has 2 aliphatic carbocycles. The van der Waals surface area contributed by atoms with Gasteiger partial charge in [-0.25, -0.2) is 0 Å². The first-order valence-corrected chi connectivity index (χ1v) is 11.7. The number of fused-ring (bicyclic) bond motifs is 1. The van der Waals surface area contributed by atoms with Gasteiger partial charge in [-0.05, 0) is 69.4 Å². The van der Waals surface area contributed by atoms with Crippen LogP contribution in [0.15, 0.2) is 23.9 Å². The Balaban J connectivity index is 1.68. The Kier molecular flexibility index (Phi) is 4.75. The highest BCUT2D eigenvalue weighted by molar-refractivity contribution is 5.83. The fourth-order valence-corrected chi connectivity index (χ4v) is 5.55. The van der Waals surface area contributed by atoms with E-state index in [4.69, 9.17) is 9.60 Å². The van der Waals surface area contributed by atoms with Gasteiger partial charge in [-0.3, -0.25) is 9.78 Å². The summed E-state index contributed by atoms with van der Waals surface area (Å²) in [6, 6.07) is 0.678. The molecule has 1 amide bonds. The number of carbonyl (C=O) groups is 1. The van der Waals surface area contributed by atoms with Crippen molar-refractivity contribution in [2.24, 2.45) is 11.3 Å². The van der Waals surface area contributed by atoms with Crippen LogP contribution in [0.25, 0.3) is 0 Å². The second kappa shape index (κ2) is 9.40. The summed E-state index contributed by atoms with van der Waals surface area (Å²) in [6.07, 6.45) is 1.94. The molecule has 2 atom stereocenters. The first-order valence-electron chi connectivity index (χ1n) is 15.2. The molecule has 0 radical (unpaired) electrons. The number of hydrogen-bond acceptors (Lipinski definition) is 3. The zero-order chi connectivity index (χ0) is 29.7. The van der Waals surface area contributed by atoms with Gasteiger partial charge < -0.3 is 10.2 Å².